The van der Waals surface area contributed by atoms with Gasteiger partial charge in [0.25, 0.3) is 0 Å². The molecule has 0 aliphatic heterocycles. The molecule has 5 heteroatoms. The van der Waals surface area contributed by atoms with Crippen LogP contribution in [0.25, 0.3) is 5.70 Å². The summed E-state index contributed by atoms with van der Waals surface area (Å²) in [5.74, 6) is 0.673. The van der Waals surface area contributed by atoms with Crippen molar-refractivity contribution in [3.63, 3.8) is 0 Å². The minimum Gasteiger partial charge on any atom is -0.496 e. The smallest absolute Gasteiger partial charge is 0.425 e. The molecule has 0 saturated heterocycles. The van der Waals surface area contributed by atoms with E-state index in [0.717, 1.165) is 5.56 Å². The van der Waals surface area contributed by atoms with Gasteiger partial charge in [0.05, 0.1) is 19.9 Å². The first-order chi connectivity index (χ1) is 7.69. The van der Waals surface area contributed by atoms with Gasteiger partial charge < -0.3 is 9.47 Å². The van der Waals surface area contributed by atoms with Gasteiger partial charge in [-0.05, 0) is 12.1 Å². The van der Waals surface area contributed by atoms with Crippen molar-refractivity contribution in [3.05, 3.63) is 36.4 Å². The van der Waals surface area contributed by atoms with Gasteiger partial charge in [-0.15, -0.1) is 0 Å². The van der Waals surface area contributed by atoms with Gasteiger partial charge in [-0.3, -0.25) is 5.43 Å². The Kier molecular flexibility index (Phi) is 4.20. The molecule has 16 heavy (non-hydrogen) atoms. The maximum absolute atomic E-state index is 10.8. The monoisotopic (exact) mass is 222 g/mol. The summed E-state index contributed by atoms with van der Waals surface area (Å²) >= 11 is 0. The molecule has 0 heterocycles. The van der Waals surface area contributed by atoms with Crippen LogP contribution in [0.5, 0.6) is 5.75 Å². The van der Waals surface area contributed by atoms with Crippen LogP contribution in [0, 0.1) is 0 Å². The Hall–Kier alpha value is -2.17. The predicted molar refractivity (Wildman–Crippen MR) is 60.7 cm³/mol. The molecule has 0 atom stereocenters. The average molecular weight is 222 g/mol. The van der Waals surface area contributed by atoms with Crippen molar-refractivity contribution in [3.8, 4) is 5.75 Å². The molecule has 2 N–H and O–H groups in total. The molecular weight excluding hydrogens is 208 g/mol. The largest absolute Gasteiger partial charge is 0.496 e. The van der Waals surface area contributed by atoms with Crippen LogP contribution in [-0.2, 0) is 4.74 Å². The minimum absolute atomic E-state index is 0.517. The van der Waals surface area contributed by atoms with Crippen molar-refractivity contribution in [1.29, 1.82) is 0 Å². The van der Waals surface area contributed by atoms with Crippen molar-refractivity contribution in [2.24, 2.45) is 0 Å². The SMILES string of the molecule is C=C(NNC(=O)OC)c1ccccc1OC. The van der Waals surface area contributed by atoms with E-state index in [1.807, 2.05) is 18.2 Å². The summed E-state index contributed by atoms with van der Waals surface area (Å²) in [6, 6.07) is 7.33. The first-order valence-corrected chi connectivity index (χ1v) is 4.61. The third kappa shape index (κ3) is 2.91. The minimum atomic E-state index is -0.587. The summed E-state index contributed by atoms with van der Waals surface area (Å²) < 4.78 is 9.56. The zero-order chi connectivity index (χ0) is 12.0. The Morgan fingerprint density at radius 1 is 1.25 bits per heavy atom. The fraction of sp³-hybridized carbons (Fsp3) is 0.182. The lowest BCUT2D eigenvalue weighted by Crippen LogP contribution is -2.35. The van der Waals surface area contributed by atoms with Crippen LogP contribution in [0.2, 0.25) is 0 Å². The number of carbonyl (C=O) groups excluding carboxylic acids is 1. The molecule has 0 fully saturated rings. The fourth-order valence-corrected chi connectivity index (χ4v) is 1.14. The highest BCUT2D eigenvalue weighted by molar-refractivity contribution is 5.71. The Morgan fingerprint density at radius 3 is 2.56 bits per heavy atom. The van der Waals surface area contributed by atoms with Gasteiger partial charge in [-0.25, -0.2) is 10.2 Å². The molecule has 0 saturated carbocycles. The molecule has 86 valence electrons. The Balaban J connectivity index is 2.69. The van der Waals surface area contributed by atoms with Gasteiger partial charge in [-0.2, -0.15) is 0 Å². The van der Waals surface area contributed by atoms with Gasteiger partial charge in [0.2, 0.25) is 0 Å². The Labute approximate surface area is 94.0 Å². The first-order valence-electron chi connectivity index (χ1n) is 4.61. The van der Waals surface area contributed by atoms with Crippen molar-refractivity contribution in [1.82, 2.24) is 10.9 Å². The normalized spacial score (nSPS) is 9.12. The number of benzene rings is 1. The number of rotatable bonds is 4. The standard InChI is InChI=1S/C11H14N2O3/c1-8(12-13-11(14)16-3)9-6-4-5-7-10(9)15-2/h4-7,12H,1H2,2-3H3,(H,13,14). The highest BCUT2D eigenvalue weighted by Gasteiger charge is 2.06. The molecule has 0 bridgehead atoms. The fourth-order valence-electron chi connectivity index (χ4n) is 1.14. The van der Waals surface area contributed by atoms with Gasteiger partial charge in [0.1, 0.15) is 5.75 Å². The predicted octanol–water partition coefficient (Wildman–Crippen LogP) is 1.53. The van der Waals surface area contributed by atoms with E-state index in [9.17, 15) is 4.79 Å². The van der Waals surface area contributed by atoms with Gasteiger partial charge in [-0.1, -0.05) is 18.7 Å². The van der Waals surface area contributed by atoms with E-state index in [4.69, 9.17) is 4.74 Å². The van der Waals surface area contributed by atoms with Gasteiger partial charge in [0, 0.05) is 5.56 Å². The summed E-state index contributed by atoms with van der Waals surface area (Å²) in [6.45, 7) is 3.78. The third-order valence-electron chi connectivity index (χ3n) is 1.93. The Bertz CT molecular complexity index is 391. The average Bonchev–Trinajstić information content (AvgIpc) is 2.35. The molecule has 0 unspecified atom stereocenters. The molecule has 0 radical (unpaired) electrons. The lowest BCUT2D eigenvalue weighted by Gasteiger charge is -2.13. The van der Waals surface area contributed by atoms with E-state index in [-0.39, 0.29) is 0 Å². The van der Waals surface area contributed by atoms with Crippen LogP contribution >= 0.6 is 0 Å². The van der Waals surface area contributed by atoms with Crippen LogP contribution in [0.4, 0.5) is 4.79 Å². The number of hydrogen-bond acceptors (Lipinski definition) is 4. The summed E-state index contributed by atoms with van der Waals surface area (Å²) in [6.07, 6.45) is -0.587. The van der Waals surface area contributed by atoms with E-state index in [2.05, 4.69) is 22.2 Å². The highest BCUT2D eigenvalue weighted by Crippen LogP contribution is 2.22. The van der Waals surface area contributed by atoms with Crippen molar-refractivity contribution >= 4 is 11.8 Å². The molecule has 1 aromatic rings. The molecule has 0 aliphatic carbocycles. The van der Waals surface area contributed by atoms with Gasteiger partial charge >= 0.3 is 6.09 Å². The summed E-state index contributed by atoms with van der Waals surface area (Å²) in [5.41, 5.74) is 6.22. The molecule has 1 amide bonds. The maximum atomic E-state index is 10.8. The number of hydrogen-bond donors (Lipinski definition) is 2. The molecule has 1 aromatic carbocycles. The van der Waals surface area contributed by atoms with Crippen LogP contribution < -0.4 is 15.6 Å². The molecule has 1 rings (SSSR count). The van der Waals surface area contributed by atoms with E-state index in [1.54, 1.807) is 13.2 Å². The topological polar surface area (TPSA) is 59.6 Å². The number of carbonyl (C=O) groups is 1. The molecule has 0 aromatic heterocycles. The summed E-state index contributed by atoms with van der Waals surface area (Å²) in [4.78, 5) is 10.8. The molecular formula is C11H14N2O3. The van der Waals surface area contributed by atoms with E-state index < -0.39 is 6.09 Å². The second-order valence-electron chi connectivity index (χ2n) is 2.92. The van der Waals surface area contributed by atoms with Crippen molar-refractivity contribution < 1.29 is 14.3 Å². The van der Waals surface area contributed by atoms with Crippen molar-refractivity contribution in [2.75, 3.05) is 14.2 Å². The second-order valence-corrected chi connectivity index (χ2v) is 2.92. The first kappa shape index (κ1) is 11.9. The number of para-hydroxylation sites is 1. The van der Waals surface area contributed by atoms with Gasteiger partial charge in [0.15, 0.2) is 0 Å². The second kappa shape index (κ2) is 5.65. The van der Waals surface area contributed by atoms with E-state index in [0.29, 0.717) is 11.4 Å². The van der Waals surface area contributed by atoms with Crippen LogP contribution in [0.3, 0.4) is 0 Å². The van der Waals surface area contributed by atoms with E-state index in [1.165, 1.54) is 7.11 Å². The lowest BCUT2D eigenvalue weighted by molar-refractivity contribution is 0.168. The van der Waals surface area contributed by atoms with E-state index >= 15 is 0 Å². The number of ether oxygens (including phenoxy) is 2. The lowest BCUT2D eigenvalue weighted by atomic mass is 10.1. The molecule has 5 nitrogen and oxygen atoms in total. The Morgan fingerprint density at radius 2 is 1.94 bits per heavy atom. The summed E-state index contributed by atoms with van der Waals surface area (Å²) in [5, 5.41) is 0. The van der Waals surface area contributed by atoms with Crippen molar-refractivity contribution in [2.45, 2.75) is 0 Å². The number of hydrazine groups is 1. The summed E-state index contributed by atoms with van der Waals surface area (Å²) in [7, 11) is 2.85. The maximum Gasteiger partial charge on any atom is 0.425 e. The van der Waals surface area contributed by atoms with Crippen LogP contribution in [0.15, 0.2) is 30.8 Å². The highest BCUT2D eigenvalue weighted by atomic mass is 16.5. The number of nitrogens with one attached hydrogen (secondary N) is 2. The molecule has 0 aliphatic rings. The zero-order valence-corrected chi connectivity index (χ0v) is 9.24. The van der Waals surface area contributed by atoms with Crippen LogP contribution in [0.1, 0.15) is 5.56 Å². The number of amides is 1. The quantitative estimate of drug-likeness (QED) is 0.758. The number of methoxy groups -OCH3 is 2. The third-order valence-corrected chi connectivity index (χ3v) is 1.93. The molecule has 0 spiro atoms. The van der Waals surface area contributed by atoms with Crippen LogP contribution in [-0.4, -0.2) is 20.3 Å². The zero-order valence-electron chi connectivity index (χ0n) is 9.24.